The molecule has 32 heavy (non-hydrogen) atoms. The first-order valence-corrected chi connectivity index (χ1v) is 11.2. The molecule has 4 rings (SSSR count). The minimum absolute atomic E-state index is 0.0971. The number of anilines is 1. The van der Waals surface area contributed by atoms with Crippen LogP contribution in [0.15, 0.2) is 54.6 Å². The van der Waals surface area contributed by atoms with E-state index in [9.17, 15) is 14.4 Å². The smallest absolute Gasteiger partial charge is 0.251 e. The number of nitrogens with zero attached hydrogens (tertiary/aromatic N) is 2. The van der Waals surface area contributed by atoms with Gasteiger partial charge in [-0.15, -0.1) is 0 Å². The number of nitrogens with one attached hydrogen (secondary N) is 2. The SMILES string of the molecule is C[C@@H](CNC(=O)c1ccc(C[C@@H]2CC(=O)NC2=O)cc1)N1CCN(c2ccccc2)CC1. The van der Waals surface area contributed by atoms with Crippen LogP contribution in [0, 0.1) is 5.92 Å². The van der Waals surface area contributed by atoms with E-state index in [1.807, 2.05) is 18.2 Å². The lowest BCUT2D eigenvalue weighted by Gasteiger charge is -2.39. The van der Waals surface area contributed by atoms with E-state index in [2.05, 4.69) is 51.6 Å². The third-order valence-corrected chi connectivity index (χ3v) is 6.38. The summed E-state index contributed by atoms with van der Waals surface area (Å²) in [7, 11) is 0. The molecule has 0 saturated carbocycles. The van der Waals surface area contributed by atoms with Crippen molar-refractivity contribution < 1.29 is 14.4 Å². The first-order valence-electron chi connectivity index (χ1n) is 11.2. The summed E-state index contributed by atoms with van der Waals surface area (Å²) in [5.74, 6) is -0.840. The molecule has 0 spiro atoms. The number of imide groups is 1. The van der Waals surface area contributed by atoms with E-state index in [0.717, 1.165) is 31.7 Å². The Labute approximate surface area is 188 Å². The minimum atomic E-state index is -0.314. The number of carbonyl (C=O) groups is 3. The average molecular weight is 435 g/mol. The lowest BCUT2D eigenvalue weighted by molar-refractivity contribution is -0.125. The van der Waals surface area contributed by atoms with Gasteiger partial charge in [-0.2, -0.15) is 0 Å². The molecule has 0 radical (unpaired) electrons. The summed E-state index contributed by atoms with van der Waals surface area (Å²) in [5.41, 5.74) is 2.81. The van der Waals surface area contributed by atoms with E-state index < -0.39 is 0 Å². The maximum absolute atomic E-state index is 12.6. The third kappa shape index (κ3) is 5.34. The Kier molecular flexibility index (Phi) is 6.85. The van der Waals surface area contributed by atoms with Crippen molar-refractivity contribution >= 4 is 23.4 Å². The first kappa shape index (κ1) is 22.0. The molecule has 2 heterocycles. The summed E-state index contributed by atoms with van der Waals surface area (Å²) in [4.78, 5) is 40.4. The summed E-state index contributed by atoms with van der Waals surface area (Å²) in [6.45, 7) is 6.64. The molecule has 2 N–H and O–H groups in total. The van der Waals surface area contributed by atoms with Gasteiger partial charge in [-0.1, -0.05) is 30.3 Å². The molecular weight excluding hydrogens is 404 g/mol. The van der Waals surface area contributed by atoms with Gasteiger partial charge in [0.05, 0.1) is 5.92 Å². The molecule has 2 atom stereocenters. The molecule has 7 nitrogen and oxygen atoms in total. The molecule has 168 valence electrons. The first-order chi connectivity index (χ1) is 15.5. The van der Waals surface area contributed by atoms with E-state index in [1.54, 1.807) is 12.1 Å². The Morgan fingerprint density at radius 3 is 2.34 bits per heavy atom. The van der Waals surface area contributed by atoms with Gasteiger partial charge in [-0.05, 0) is 43.2 Å². The van der Waals surface area contributed by atoms with Crippen LogP contribution in [-0.4, -0.2) is 61.4 Å². The minimum Gasteiger partial charge on any atom is -0.369 e. The van der Waals surface area contributed by atoms with Crippen LogP contribution in [0.25, 0.3) is 0 Å². The van der Waals surface area contributed by atoms with Gasteiger partial charge < -0.3 is 10.2 Å². The largest absolute Gasteiger partial charge is 0.369 e. The van der Waals surface area contributed by atoms with Gasteiger partial charge in [0.1, 0.15) is 0 Å². The van der Waals surface area contributed by atoms with E-state index in [0.29, 0.717) is 18.5 Å². The second-order valence-electron chi connectivity index (χ2n) is 8.63. The number of benzene rings is 2. The lowest BCUT2D eigenvalue weighted by Crippen LogP contribution is -2.52. The van der Waals surface area contributed by atoms with Crippen molar-refractivity contribution in [2.24, 2.45) is 5.92 Å². The number of carbonyl (C=O) groups excluding carboxylic acids is 3. The summed E-state index contributed by atoms with van der Waals surface area (Å²) >= 11 is 0. The lowest BCUT2D eigenvalue weighted by atomic mass is 9.97. The van der Waals surface area contributed by atoms with Gasteiger partial charge in [0.2, 0.25) is 11.8 Å². The molecule has 0 aromatic heterocycles. The van der Waals surface area contributed by atoms with E-state index >= 15 is 0 Å². The maximum Gasteiger partial charge on any atom is 0.251 e. The van der Waals surface area contributed by atoms with E-state index in [4.69, 9.17) is 0 Å². The molecular formula is C25H30N4O3. The molecule has 7 heteroatoms. The van der Waals surface area contributed by atoms with Crippen molar-refractivity contribution in [2.75, 3.05) is 37.6 Å². The van der Waals surface area contributed by atoms with Crippen LogP contribution >= 0.6 is 0 Å². The number of piperazine rings is 1. The summed E-state index contributed by atoms with van der Waals surface area (Å²) in [5, 5.41) is 5.37. The van der Waals surface area contributed by atoms with Crippen LogP contribution in [0.1, 0.15) is 29.3 Å². The van der Waals surface area contributed by atoms with Crippen molar-refractivity contribution in [3.63, 3.8) is 0 Å². The number of hydrogen-bond donors (Lipinski definition) is 2. The van der Waals surface area contributed by atoms with Gasteiger partial charge in [0.15, 0.2) is 0 Å². The Balaban J connectivity index is 1.22. The molecule has 2 aromatic rings. The number of hydrogen-bond acceptors (Lipinski definition) is 5. The Morgan fingerprint density at radius 2 is 1.72 bits per heavy atom. The van der Waals surface area contributed by atoms with E-state index in [1.165, 1.54) is 5.69 Å². The predicted molar refractivity (Wildman–Crippen MR) is 123 cm³/mol. The van der Waals surface area contributed by atoms with Crippen LogP contribution in [0.3, 0.4) is 0 Å². The van der Waals surface area contributed by atoms with Crippen molar-refractivity contribution in [1.29, 1.82) is 0 Å². The second kappa shape index (κ2) is 9.96. The molecule has 2 saturated heterocycles. The zero-order valence-electron chi connectivity index (χ0n) is 18.4. The zero-order valence-corrected chi connectivity index (χ0v) is 18.4. The second-order valence-corrected chi connectivity index (χ2v) is 8.63. The van der Waals surface area contributed by atoms with Gasteiger partial charge in [0, 0.05) is 56.4 Å². The Bertz CT molecular complexity index is 953. The molecule has 0 unspecified atom stereocenters. The Hall–Kier alpha value is -3.19. The fourth-order valence-electron chi connectivity index (χ4n) is 4.38. The fourth-order valence-corrected chi connectivity index (χ4v) is 4.38. The molecule has 2 aliphatic heterocycles. The number of para-hydroxylation sites is 1. The van der Waals surface area contributed by atoms with Gasteiger partial charge in [0.25, 0.3) is 5.91 Å². The number of rotatable bonds is 7. The predicted octanol–water partition coefficient (Wildman–Crippen LogP) is 1.83. The number of amides is 3. The summed E-state index contributed by atoms with van der Waals surface area (Å²) < 4.78 is 0. The molecule has 3 amide bonds. The van der Waals surface area contributed by atoms with Crippen LogP contribution in [0.2, 0.25) is 0 Å². The van der Waals surface area contributed by atoms with Gasteiger partial charge in [-0.3, -0.25) is 24.6 Å². The highest BCUT2D eigenvalue weighted by Gasteiger charge is 2.30. The van der Waals surface area contributed by atoms with Crippen LogP contribution in [0.4, 0.5) is 5.69 Å². The molecule has 2 fully saturated rings. The molecule has 2 aromatic carbocycles. The maximum atomic E-state index is 12.6. The summed E-state index contributed by atoms with van der Waals surface area (Å²) in [6.07, 6.45) is 0.740. The van der Waals surface area contributed by atoms with Crippen LogP contribution in [0.5, 0.6) is 0 Å². The third-order valence-electron chi connectivity index (χ3n) is 6.38. The van der Waals surface area contributed by atoms with Gasteiger partial charge in [-0.25, -0.2) is 0 Å². The molecule has 0 bridgehead atoms. The highest BCUT2D eigenvalue weighted by molar-refractivity contribution is 6.03. The average Bonchev–Trinajstić information content (AvgIpc) is 3.14. The highest BCUT2D eigenvalue weighted by Crippen LogP contribution is 2.18. The zero-order chi connectivity index (χ0) is 22.5. The van der Waals surface area contributed by atoms with E-state index in [-0.39, 0.29) is 36.1 Å². The van der Waals surface area contributed by atoms with Crippen molar-refractivity contribution in [1.82, 2.24) is 15.5 Å². The fraction of sp³-hybridized carbons (Fsp3) is 0.400. The molecule has 2 aliphatic rings. The van der Waals surface area contributed by atoms with Crippen molar-refractivity contribution in [2.45, 2.75) is 25.8 Å². The monoisotopic (exact) mass is 434 g/mol. The Morgan fingerprint density at radius 1 is 1.03 bits per heavy atom. The van der Waals surface area contributed by atoms with Crippen molar-refractivity contribution in [3.05, 3.63) is 65.7 Å². The summed E-state index contributed by atoms with van der Waals surface area (Å²) in [6, 6.07) is 18.0. The molecule has 0 aliphatic carbocycles. The standard InChI is InChI=1S/C25H30N4O3/c1-18(28-11-13-29(14-12-28)22-5-3-2-4-6-22)17-26-24(31)20-9-7-19(8-10-20)15-21-16-23(30)27-25(21)32/h2-10,18,21H,11-17H2,1H3,(H,26,31)(H,27,30,32)/t18-,21+/m0/s1. The van der Waals surface area contributed by atoms with Gasteiger partial charge >= 0.3 is 0 Å². The highest BCUT2D eigenvalue weighted by atomic mass is 16.2. The topological polar surface area (TPSA) is 81.8 Å². The normalized spacial score (nSPS) is 20.2. The van der Waals surface area contributed by atoms with Crippen LogP contribution < -0.4 is 15.5 Å². The van der Waals surface area contributed by atoms with Crippen molar-refractivity contribution in [3.8, 4) is 0 Å². The van der Waals surface area contributed by atoms with Crippen LogP contribution in [-0.2, 0) is 16.0 Å². The quantitative estimate of drug-likeness (QED) is 0.650.